The van der Waals surface area contributed by atoms with E-state index in [4.69, 9.17) is 11.1 Å². The van der Waals surface area contributed by atoms with Crippen LogP contribution in [-0.2, 0) is 14.4 Å². The molecule has 3 rings (SSSR count). The number of hydrogen-bond acceptors (Lipinski definition) is 6. The zero-order valence-corrected chi connectivity index (χ0v) is 19.5. The third kappa shape index (κ3) is 6.86. The summed E-state index contributed by atoms with van der Waals surface area (Å²) in [5.41, 5.74) is 6.07. The van der Waals surface area contributed by atoms with Crippen LogP contribution < -0.4 is 11.1 Å². The minimum absolute atomic E-state index is 0.0221. The van der Waals surface area contributed by atoms with E-state index in [1.54, 1.807) is 4.90 Å². The van der Waals surface area contributed by atoms with E-state index in [0.29, 0.717) is 12.1 Å². The number of hydrogen-bond donors (Lipinski definition) is 3. The van der Waals surface area contributed by atoms with Crippen molar-refractivity contribution in [3.63, 3.8) is 0 Å². The lowest BCUT2D eigenvalue weighted by molar-refractivity contribution is -0.150. The first-order valence-corrected chi connectivity index (χ1v) is 10.7. The van der Waals surface area contributed by atoms with Crippen LogP contribution in [0.3, 0.4) is 0 Å². The number of amides is 3. The number of pyridine rings is 1. The molecule has 1 aliphatic rings. The summed E-state index contributed by atoms with van der Waals surface area (Å²) in [5.74, 6) is -1.49. The second-order valence-corrected chi connectivity index (χ2v) is 8.79. The fourth-order valence-electron chi connectivity index (χ4n) is 3.28. The smallest absolute Gasteiger partial charge is 0.314 e. The van der Waals surface area contributed by atoms with E-state index in [2.05, 4.69) is 10.3 Å². The molecule has 33 heavy (non-hydrogen) atoms. The Kier molecular flexibility index (Phi) is 8.67. The molecule has 0 bridgehead atoms. The van der Waals surface area contributed by atoms with Crippen LogP contribution in [0.5, 0.6) is 0 Å². The van der Waals surface area contributed by atoms with Gasteiger partial charge in [0.15, 0.2) is 0 Å². The molecular formula is C24H32N6O3. The lowest BCUT2D eigenvalue weighted by Gasteiger charge is -2.42. The summed E-state index contributed by atoms with van der Waals surface area (Å²) in [6, 6.07) is 11.8. The van der Waals surface area contributed by atoms with Crippen LogP contribution in [0.25, 0.3) is 0 Å². The lowest BCUT2D eigenvalue weighted by atomic mass is 9.93. The minimum Gasteiger partial charge on any atom is -0.396 e. The molecule has 2 aromatic rings. The number of carbonyl (C=O) groups is 3. The standard InChI is InChI=1S/C18H26N6O3.C6H6/c1-11-10-23(5-6-24(11)17(27)18(2,3)4)16(26)15(25)22-13-9-21-8-12(7-19)14(13)20;1-2-4-6-5-3-1/h7-9,11,19H,5-6,10H2,1-4H3,(H2,20,21)(H,22,25);1-6H. The van der Waals surface area contributed by atoms with E-state index >= 15 is 0 Å². The Balaban J connectivity index is 0.000000554. The molecule has 3 amide bonds. The Morgan fingerprint density at radius 1 is 1.09 bits per heavy atom. The van der Waals surface area contributed by atoms with Crippen molar-refractivity contribution < 1.29 is 14.4 Å². The molecule has 176 valence electrons. The van der Waals surface area contributed by atoms with E-state index in [9.17, 15) is 14.4 Å². The van der Waals surface area contributed by atoms with Crippen molar-refractivity contribution in [2.45, 2.75) is 33.7 Å². The van der Waals surface area contributed by atoms with Crippen molar-refractivity contribution in [2.24, 2.45) is 5.41 Å². The number of anilines is 2. The van der Waals surface area contributed by atoms with Gasteiger partial charge in [0.05, 0.1) is 17.6 Å². The quantitative estimate of drug-likeness (QED) is 0.475. The molecule has 1 aliphatic heterocycles. The zero-order valence-electron chi connectivity index (χ0n) is 19.5. The average Bonchev–Trinajstić information content (AvgIpc) is 2.80. The van der Waals surface area contributed by atoms with Crippen molar-refractivity contribution in [3.8, 4) is 0 Å². The molecule has 1 unspecified atom stereocenters. The predicted molar refractivity (Wildman–Crippen MR) is 129 cm³/mol. The molecule has 0 radical (unpaired) electrons. The Morgan fingerprint density at radius 3 is 2.15 bits per heavy atom. The van der Waals surface area contributed by atoms with Gasteiger partial charge in [0.1, 0.15) is 0 Å². The number of aromatic nitrogens is 1. The van der Waals surface area contributed by atoms with E-state index in [-0.39, 0.29) is 36.4 Å². The van der Waals surface area contributed by atoms with Gasteiger partial charge in [-0.05, 0) is 6.92 Å². The predicted octanol–water partition coefficient (Wildman–Crippen LogP) is 2.39. The first kappa shape index (κ1) is 25.5. The Hall–Kier alpha value is -3.75. The highest BCUT2D eigenvalue weighted by Gasteiger charge is 2.36. The number of carbonyl (C=O) groups excluding carboxylic acids is 3. The lowest BCUT2D eigenvalue weighted by Crippen LogP contribution is -2.58. The van der Waals surface area contributed by atoms with Gasteiger partial charge in [-0.15, -0.1) is 0 Å². The summed E-state index contributed by atoms with van der Waals surface area (Å²) in [5, 5.41) is 9.72. The van der Waals surface area contributed by atoms with Crippen molar-refractivity contribution >= 4 is 35.3 Å². The topological polar surface area (TPSA) is 132 Å². The largest absolute Gasteiger partial charge is 0.396 e. The monoisotopic (exact) mass is 452 g/mol. The summed E-state index contributed by atoms with van der Waals surface area (Å²) in [6.45, 7) is 8.37. The van der Waals surface area contributed by atoms with Crippen molar-refractivity contribution in [1.82, 2.24) is 14.8 Å². The Bertz CT molecular complexity index is 961. The van der Waals surface area contributed by atoms with Gasteiger partial charge in [-0.3, -0.25) is 19.4 Å². The SMILES string of the molecule is CC1CN(C(=O)C(=O)Nc2cncc(C=N)c2N)CCN1C(=O)C(C)(C)C.c1ccccc1. The number of nitrogens with two attached hydrogens (primary N) is 1. The maximum Gasteiger partial charge on any atom is 0.314 e. The van der Waals surface area contributed by atoms with Crippen LogP contribution in [0.2, 0.25) is 0 Å². The molecule has 2 heterocycles. The number of piperazine rings is 1. The number of nitrogens with one attached hydrogen (secondary N) is 2. The first-order valence-electron chi connectivity index (χ1n) is 10.7. The van der Waals surface area contributed by atoms with E-state index in [1.165, 1.54) is 17.3 Å². The van der Waals surface area contributed by atoms with Crippen molar-refractivity contribution in [2.75, 3.05) is 30.7 Å². The average molecular weight is 453 g/mol. The van der Waals surface area contributed by atoms with Crippen LogP contribution >= 0.6 is 0 Å². The summed E-state index contributed by atoms with van der Waals surface area (Å²) in [7, 11) is 0. The van der Waals surface area contributed by atoms with Gasteiger partial charge in [0, 0.05) is 49.1 Å². The van der Waals surface area contributed by atoms with Crippen LogP contribution in [0.15, 0.2) is 48.8 Å². The van der Waals surface area contributed by atoms with Gasteiger partial charge < -0.3 is 26.3 Å². The molecule has 9 heteroatoms. The van der Waals surface area contributed by atoms with Gasteiger partial charge in [0.2, 0.25) is 5.91 Å². The molecule has 0 aliphatic carbocycles. The number of nitrogen functional groups attached to an aromatic ring is 1. The highest BCUT2D eigenvalue weighted by Crippen LogP contribution is 2.22. The zero-order chi connectivity index (χ0) is 24.6. The summed E-state index contributed by atoms with van der Waals surface area (Å²) >= 11 is 0. The first-order chi connectivity index (χ1) is 15.6. The third-order valence-corrected chi connectivity index (χ3v) is 5.10. The minimum atomic E-state index is -0.826. The van der Waals surface area contributed by atoms with Crippen molar-refractivity contribution in [3.05, 3.63) is 54.4 Å². The summed E-state index contributed by atoms with van der Waals surface area (Å²) in [4.78, 5) is 44.4. The Morgan fingerprint density at radius 2 is 1.67 bits per heavy atom. The van der Waals surface area contributed by atoms with E-state index in [1.807, 2.05) is 64.1 Å². The second kappa shape index (κ2) is 11.2. The van der Waals surface area contributed by atoms with Crippen LogP contribution in [-0.4, -0.2) is 64.4 Å². The van der Waals surface area contributed by atoms with E-state index < -0.39 is 17.2 Å². The number of benzene rings is 1. The molecule has 1 aromatic heterocycles. The summed E-state index contributed by atoms with van der Waals surface area (Å²) < 4.78 is 0. The molecule has 0 spiro atoms. The van der Waals surface area contributed by atoms with Crippen LogP contribution in [0.4, 0.5) is 11.4 Å². The normalized spacial score (nSPS) is 15.7. The van der Waals surface area contributed by atoms with Gasteiger partial charge in [-0.1, -0.05) is 57.2 Å². The summed E-state index contributed by atoms with van der Waals surface area (Å²) in [6.07, 6.45) is 3.75. The molecule has 9 nitrogen and oxygen atoms in total. The fourth-order valence-corrected chi connectivity index (χ4v) is 3.28. The molecule has 1 saturated heterocycles. The van der Waals surface area contributed by atoms with Gasteiger partial charge in [-0.25, -0.2) is 0 Å². The van der Waals surface area contributed by atoms with Crippen molar-refractivity contribution in [1.29, 1.82) is 5.41 Å². The number of rotatable bonds is 2. The Labute approximate surface area is 194 Å². The maximum atomic E-state index is 12.5. The molecule has 1 aromatic carbocycles. The van der Waals surface area contributed by atoms with Gasteiger partial charge in [-0.2, -0.15) is 0 Å². The van der Waals surface area contributed by atoms with Gasteiger partial charge >= 0.3 is 11.8 Å². The van der Waals surface area contributed by atoms with Gasteiger partial charge in [0.25, 0.3) is 0 Å². The molecule has 1 atom stereocenters. The highest BCUT2D eigenvalue weighted by molar-refractivity contribution is 6.39. The van der Waals surface area contributed by atoms with E-state index in [0.717, 1.165) is 6.21 Å². The van der Waals surface area contributed by atoms with Crippen LogP contribution in [0, 0.1) is 10.8 Å². The maximum absolute atomic E-state index is 12.5. The molecule has 1 fully saturated rings. The third-order valence-electron chi connectivity index (χ3n) is 5.10. The molecule has 4 N–H and O–H groups in total. The molecular weight excluding hydrogens is 420 g/mol. The highest BCUT2D eigenvalue weighted by atomic mass is 16.2. The number of nitrogens with zero attached hydrogens (tertiary/aromatic N) is 3. The fraction of sp³-hybridized carbons (Fsp3) is 0.375. The molecule has 0 saturated carbocycles. The second-order valence-electron chi connectivity index (χ2n) is 8.79. The van der Waals surface area contributed by atoms with Crippen LogP contribution in [0.1, 0.15) is 33.3 Å².